The summed E-state index contributed by atoms with van der Waals surface area (Å²) in [7, 11) is -0.837. The molecule has 212 valence electrons. The van der Waals surface area contributed by atoms with E-state index in [-0.39, 0.29) is 18.5 Å². The molecule has 0 amide bonds. The quantitative estimate of drug-likeness (QED) is 0.342. The van der Waals surface area contributed by atoms with Gasteiger partial charge in [0.25, 0.3) is 0 Å². The van der Waals surface area contributed by atoms with Gasteiger partial charge in [-0.25, -0.2) is 18.4 Å². The molecule has 0 N–H and O–H groups in total. The largest absolute Gasteiger partial charge is 0.494 e. The Kier molecular flexibility index (Phi) is 9.15. The molecule has 0 saturated carbocycles. The third kappa shape index (κ3) is 6.38. The molecule has 0 bridgehead atoms. The summed E-state index contributed by atoms with van der Waals surface area (Å²) < 4.78 is 58.2. The summed E-state index contributed by atoms with van der Waals surface area (Å²) in [6, 6.07) is 5.28. The molecule has 0 spiro atoms. The van der Waals surface area contributed by atoms with Crippen LogP contribution in [0.4, 0.5) is 0 Å². The molecule has 1 aliphatic heterocycles. The zero-order valence-corrected chi connectivity index (χ0v) is 23.8. The number of aryl methyl sites for hydroxylation is 1. The van der Waals surface area contributed by atoms with Gasteiger partial charge in [0.15, 0.2) is 27.3 Å². The lowest BCUT2D eigenvalue weighted by atomic mass is 10.2. The normalized spacial score (nSPS) is 17.7. The fourth-order valence-corrected chi connectivity index (χ4v) is 5.66. The lowest BCUT2D eigenvalue weighted by molar-refractivity contribution is -0.0942. The molecule has 3 heterocycles. The van der Waals surface area contributed by atoms with E-state index in [0.29, 0.717) is 42.0 Å². The number of ether oxygens (including phenoxy) is 5. The molecule has 4 rings (SSSR count). The van der Waals surface area contributed by atoms with Crippen molar-refractivity contribution >= 4 is 9.84 Å². The standard InChI is InChI=1S/C26H35N5O7S/c1-16(2)38-24(25-27-12-17(3)13-28-25)18(4)39(32,33)15-22-29-30-26(21-14-36-10-11-37-21)31(22)23-19(34-5)8-7-9-20(23)35-6/h7-9,12-13,16,18,21,24H,10-11,14-15H2,1-6H3/t18-,21+,24+/m0/s1. The van der Waals surface area contributed by atoms with Crippen LogP contribution in [0.25, 0.3) is 5.69 Å². The number of sulfone groups is 1. The van der Waals surface area contributed by atoms with Gasteiger partial charge in [-0.3, -0.25) is 4.57 Å². The molecule has 1 fully saturated rings. The Labute approximate surface area is 228 Å². The first-order chi connectivity index (χ1) is 18.7. The second kappa shape index (κ2) is 12.4. The van der Waals surface area contributed by atoms with Crippen LogP contribution in [-0.2, 0) is 29.8 Å². The highest BCUT2D eigenvalue weighted by atomic mass is 32.2. The van der Waals surface area contributed by atoms with Crippen molar-refractivity contribution in [3.8, 4) is 17.2 Å². The molecule has 3 aromatic rings. The van der Waals surface area contributed by atoms with Crippen molar-refractivity contribution in [2.75, 3.05) is 34.0 Å². The van der Waals surface area contributed by atoms with Crippen molar-refractivity contribution in [1.29, 1.82) is 0 Å². The van der Waals surface area contributed by atoms with E-state index < -0.39 is 33.0 Å². The average Bonchev–Trinajstić information content (AvgIpc) is 3.33. The van der Waals surface area contributed by atoms with Gasteiger partial charge in [0.05, 0.1) is 45.4 Å². The highest BCUT2D eigenvalue weighted by molar-refractivity contribution is 7.91. The first kappa shape index (κ1) is 28.9. The highest BCUT2D eigenvalue weighted by Crippen LogP contribution is 2.37. The van der Waals surface area contributed by atoms with Crippen molar-refractivity contribution < 1.29 is 32.1 Å². The first-order valence-electron chi connectivity index (χ1n) is 12.7. The predicted molar refractivity (Wildman–Crippen MR) is 142 cm³/mol. The van der Waals surface area contributed by atoms with Gasteiger partial charge in [0, 0.05) is 12.4 Å². The van der Waals surface area contributed by atoms with Crippen molar-refractivity contribution in [2.24, 2.45) is 0 Å². The summed E-state index contributed by atoms with van der Waals surface area (Å²) in [5.74, 6) is 1.31. The number of nitrogens with zero attached hydrogens (tertiary/aromatic N) is 5. The topological polar surface area (TPSA) is 137 Å². The minimum absolute atomic E-state index is 0.168. The van der Waals surface area contributed by atoms with Crippen LogP contribution in [0.3, 0.4) is 0 Å². The molecule has 0 aliphatic carbocycles. The molecule has 2 aromatic heterocycles. The fourth-order valence-electron chi connectivity index (χ4n) is 4.29. The minimum atomic E-state index is -3.89. The van der Waals surface area contributed by atoms with Crippen molar-refractivity contribution in [2.45, 2.75) is 57.0 Å². The smallest absolute Gasteiger partial charge is 0.169 e. The Hall–Kier alpha value is -3.13. The van der Waals surface area contributed by atoms with E-state index in [9.17, 15) is 8.42 Å². The fraction of sp³-hybridized carbons (Fsp3) is 0.538. The van der Waals surface area contributed by atoms with Gasteiger partial charge in [0.2, 0.25) is 0 Å². The summed E-state index contributed by atoms with van der Waals surface area (Å²) in [4.78, 5) is 8.70. The molecular weight excluding hydrogens is 526 g/mol. The molecule has 0 radical (unpaired) electrons. The third-order valence-corrected chi connectivity index (χ3v) is 8.32. The lowest BCUT2D eigenvalue weighted by Crippen LogP contribution is -2.32. The van der Waals surface area contributed by atoms with Crippen LogP contribution in [0.1, 0.15) is 56.0 Å². The van der Waals surface area contributed by atoms with Crippen LogP contribution in [0.5, 0.6) is 11.5 Å². The number of hydrogen-bond acceptors (Lipinski definition) is 11. The molecule has 13 heteroatoms. The maximum Gasteiger partial charge on any atom is 0.169 e. The average molecular weight is 562 g/mol. The Balaban J connectivity index is 1.79. The number of benzene rings is 1. The highest BCUT2D eigenvalue weighted by Gasteiger charge is 2.37. The summed E-state index contributed by atoms with van der Waals surface area (Å²) in [5, 5.41) is 7.66. The monoisotopic (exact) mass is 561 g/mol. The van der Waals surface area contributed by atoms with Crippen LogP contribution in [0.15, 0.2) is 30.6 Å². The van der Waals surface area contributed by atoms with E-state index in [1.165, 1.54) is 14.2 Å². The number of rotatable bonds is 11. The van der Waals surface area contributed by atoms with Crippen molar-refractivity contribution in [3.63, 3.8) is 0 Å². The van der Waals surface area contributed by atoms with Gasteiger partial charge in [-0.15, -0.1) is 10.2 Å². The van der Waals surface area contributed by atoms with E-state index in [2.05, 4.69) is 20.2 Å². The van der Waals surface area contributed by atoms with E-state index in [0.717, 1.165) is 5.56 Å². The maximum atomic E-state index is 13.9. The third-order valence-electron chi connectivity index (χ3n) is 6.28. The predicted octanol–water partition coefficient (Wildman–Crippen LogP) is 2.94. The van der Waals surface area contributed by atoms with Crippen LogP contribution in [-0.4, -0.2) is 78.5 Å². The van der Waals surface area contributed by atoms with Gasteiger partial charge < -0.3 is 23.7 Å². The number of methoxy groups -OCH3 is 2. The Bertz CT molecular complexity index is 1330. The molecule has 12 nitrogen and oxygen atoms in total. The van der Waals surface area contributed by atoms with E-state index in [1.807, 2.05) is 20.8 Å². The van der Waals surface area contributed by atoms with Gasteiger partial charge in [-0.1, -0.05) is 6.07 Å². The van der Waals surface area contributed by atoms with Crippen LogP contribution in [0, 0.1) is 6.92 Å². The van der Waals surface area contributed by atoms with E-state index in [4.69, 9.17) is 23.7 Å². The number of para-hydroxylation sites is 1. The molecule has 1 aromatic carbocycles. The Morgan fingerprint density at radius 1 is 1.05 bits per heavy atom. The Morgan fingerprint density at radius 3 is 2.28 bits per heavy atom. The van der Waals surface area contributed by atoms with E-state index in [1.54, 1.807) is 42.1 Å². The SMILES string of the molecule is COc1cccc(OC)c1-n1c(CS(=O)(=O)[C@@H](C)[C@@H](OC(C)C)c2ncc(C)cn2)nnc1[C@H]1COCCO1. The molecule has 39 heavy (non-hydrogen) atoms. The molecule has 1 saturated heterocycles. The lowest BCUT2D eigenvalue weighted by Gasteiger charge is -2.26. The second-order valence-corrected chi connectivity index (χ2v) is 11.8. The number of aromatic nitrogens is 5. The van der Waals surface area contributed by atoms with E-state index >= 15 is 0 Å². The molecule has 1 aliphatic rings. The van der Waals surface area contributed by atoms with Crippen molar-refractivity contribution in [1.82, 2.24) is 24.7 Å². The van der Waals surface area contributed by atoms with Gasteiger partial charge in [0.1, 0.15) is 35.1 Å². The first-order valence-corrected chi connectivity index (χ1v) is 14.4. The summed E-state index contributed by atoms with van der Waals surface area (Å²) in [5.41, 5.74) is 1.32. The summed E-state index contributed by atoms with van der Waals surface area (Å²) in [6.07, 6.45) is 1.58. The number of hydrogen-bond donors (Lipinski definition) is 0. The van der Waals surface area contributed by atoms with Crippen LogP contribution in [0.2, 0.25) is 0 Å². The van der Waals surface area contributed by atoms with Gasteiger partial charge in [-0.05, 0) is 45.4 Å². The summed E-state index contributed by atoms with van der Waals surface area (Å²) >= 11 is 0. The zero-order valence-electron chi connectivity index (χ0n) is 23.0. The minimum Gasteiger partial charge on any atom is -0.494 e. The zero-order chi connectivity index (χ0) is 28.2. The van der Waals surface area contributed by atoms with Crippen LogP contribution < -0.4 is 9.47 Å². The molecular formula is C26H35N5O7S. The van der Waals surface area contributed by atoms with Gasteiger partial charge >= 0.3 is 0 Å². The summed E-state index contributed by atoms with van der Waals surface area (Å²) in [6.45, 7) is 8.20. The molecule has 3 atom stereocenters. The second-order valence-electron chi connectivity index (χ2n) is 9.49. The Morgan fingerprint density at radius 2 is 1.72 bits per heavy atom. The van der Waals surface area contributed by atoms with Crippen LogP contribution >= 0.6 is 0 Å². The van der Waals surface area contributed by atoms with Crippen molar-refractivity contribution in [3.05, 3.63) is 53.6 Å². The van der Waals surface area contributed by atoms with Gasteiger partial charge in [-0.2, -0.15) is 0 Å². The molecule has 0 unspecified atom stereocenters. The maximum absolute atomic E-state index is 13.9.